The molecule has 1 heterocycles. The van der Waals surface area contributed by atoms with Crippen LogP contribution in [-0.4, -0.2) is 10.2 Å². The molecule has 0 radical (unpaired) electrons. The minimum atomic E-state index is 1.08. The van der Waals surface area contributed by atoms with Crippen LogP contribution in [0.25, 0.3) is 54.0 Å². The fraction of sp³-hybridized carbons (Fsp3) is 0. The largest absolute Gasteiger partial charge is 0.278 e. The van der Waals surface area contributed by atoms with E-state index < -0.39 is 0 Å². The van der Waals surface area contributed by atoms with Crippen molar-refractivity contribution in [2.75, 3.05) is 0 Å². The number of hydrogen-bond acceptors (Lipinski definition) is 1. The van der Waals surface area contributed by atoms with E-state index >= 15 is 0 Å². The summed E-state index contributed by atoms with van der Waals surface area (Å²) in [6, 6.07) is 26.3. The average Bonchev–Trinajstić information content (AvgIpc) is 3.15. The highest BCUT2D eigenvalue weighted by molar-refractivity contribution is 6.26. The molecule has 0 aliphatic heterocycles. The molecule has 2 nitrogen and oxygen atoms in total. The summed E-state index contributed by atoms with van der Waals surface area (Å²) in [5, 5.41) is 18.8. The minimum Gasteiger partial charge on any atom is -0.278 e. The van der Waals surface area contributed by atoms with Gasteiger partial charge in [0.05, 0.1) is 11.7 Å². The van der Waals surface area contributed by atoms with Gasteiger partial charge in [-0.2, -0.15) is 5.10 Å². The van der Waals surface area contributed by atoms with Crippen molar-refractivity contribution in [3.8, 4) is 0 Å². The fourth-order valence-electron chi connectivity index (χ4n) is 4.16. The molecule has 1 N–H and O–H groups in total. The van der Waals surface area contributed by atoms with E-state index in [1.54, 1.807) is 0 Å². The van der Waals surface area contributed by atoms with Gasteiger partial charge in [-0.15, -0.1) is 0 Å². The summed E-state index contributed by atoms with van der Waals surface area (Å²) in [6.07, 6.45) is 1.93. The number of fused-ring (bicyclic) bond motifs is 9. The minimum absolute atomic E-state index is 1.08. The zero-order valence-electron chi connectivity index (χ0n) is 13.5. The van der Waals surface area contributed by atoms with E-state index in [0.717, 1.165) is 5.52 Å². The molecule has 1 aromatic heterocycles. The Morgan fingerprint density at radius 3 is 2.16 bits per heavy atom. The van der Waals surface area contributed by atoms with Crippen LogP contribution in [0.5, 0.6) is 0 Å². The Morgan fingerprint density at radius 1 is 0.520 bits per heavy atom. The van der Waals surface area contributed by atoms with Crippen molar-refractivity contribution in [2.24, 2.45) is 0 Å². The zero-order valence-corrected chi connectivity index (χ0v) is 13.5. The highest BCUT2D eigenvalue weighted by Gasteiger charge is 2.10. The molecule has 0 saturated heterocycles. The Hall–Kier alpha value is -3.39. The van der Waals surface area contributed by atoms with Crippen molar-refractivity contribution < 1.29 is 0 Å². The molecule has 5 aromatic carbocycles. The predicted octanol–water partition coefficient (Wildman–Crippen LogP) is 6.18. The molecule has 6 aromatic rings. The molecule has 25 heavy (non-hydrogen) atoms. The summed E-state index contributed by atoms with van der Waals surface area (Å²) in [4.78, 5) is 0. The van der Waals surface area contributed by atoms with Crippen LogP contribution in [0.2, 0.25) is 0 Å². The lowest BCUT2D eigenvalue weighted by Gasteiger charge is -2.10. The van der Waals surface area contributed by atoms with E-state index in [4.69, 9.17) is 0 Å². The van der Waals surface area contributed by atoms with Crippen LogP contribution in [0.1, 0.15) is 0 Å². The molecule has 116 valence electrons. The molecule has 0 aliphatic carbocycles. The topological polar surface area (TPSA) is 28.7 Å². The third-order valence-corrected chi connectivity index (χ3v) is 5.32. The van der Waals surface area contributed by atoms with Crippen molar-refractivity contribution in [1.82, 2.24) is 10.2 Å². The molecule has 2 heteroatoms. The van der Waals surface area contributed by atoms with Gasteiger partial charge in [-0.3, -0.25) is 5.10 Å². The molecule has 0 atom stereocenters. The monoisotopic (exact) mass is 318 g/mol. The number of nitrogens with zero attached hydrogens (tertiary/aromatic N) is 1. The smallest absolute Gasteiger partial charge is 0.0657 e. The molecular formula is C23H14N2. The van der Waals surface area contributed by atoms with Crippen molar-refractivity contribution in [3.05, 3.63) is 79.0 Å². The van der Waals surface area contributed by atoms with Crippen LogP contribution in [0, 0.1) is 0 Å². The van der Waals surface area contributed by atoms with Crippen LogP contribution in [0.4, 0.5) is 0 Å². The summed E-state index contributed by atoms with van der Waals surface area (Å²) < 4.78 is 0. The number of aromatic amines is 1. The second-order valence-corrected chi connectivity index (χ2v) is 6.60. The van der Waals surface area contributed by atoms with Gasteiger partial charge < -0.3 is 0 Å². The highest BCUT2D eigenvalue weighted by atomic mass is 15.1. The highest BCUT2D eigenvalue weighted by Crippen LogP contribution is 2.36. The van der Waals surface area contributed by atoms with Gasteiger partial charge in [0, 0.05) is 10.8 Å². The van der Waals surface area contributed by atoms with Crippen LogP contribution in [-0.2, 0) is 0 Å². The van der Waals surface area contributed by atoms with Gasteiger partial charge >= 0.3 is 0 Å². The van der Waals surface area contributed by atoms with Crippen molar-refractivity contribution >= 4 is 54.0 Å². The van der Waals surface area contributed by atoms with Crippen LogP contribution < -0.4 is 0 Å². The number of H-pyrrole nitrogens is 1. The number of rotatable bonds is 0. The maximum atomic E-state index is 4.24. The molecule has 0 amide bonds. The summed E-state index contributed by atoms with van der Waals surface area (Å²) >= 11 is 0. The van der Waals surface area contributed by atoms with E-state index in [0.29, 0.717) is 0 Å². The second-order valence-electron chi connectivity index (χ2n) is 6.60. The molecule has 0 bridgehead atoms. The van der Waals surface area contributed by atoms with Gasteiger partial charge in [0.15, 0.2) is 0 Å². The van der Waals surface area contributed by atoms with Crippen LogP contribution >= 0.6 is 0 Å². The molecule has 0 unspecified atom stereocenters. The molecule has 0 saturated carbocycles. The first-order valence-electron chi connectivity index (χ1n) is 8.49. The van der Waals surface area contributed by atoms with Crippen molar-refractivity contribution in [3.63, 3.8) is 0 Å². The quantitative estimate of drug-likeness (QED) is 0.333. The number of hydrogen-bond donors (Lipinski definition) is 1. The molecule has 0 aliphatic rings. The third-order valence-electron chi connectivity index (χ3n) is 5.32. The van der Waals surface area contributed by atoms with Crippen LogP contribution in [0.3, 0.4) is 0 Å². The summed E-state index contributed by atoms with van der Waals surface area (Å²) in [6.45, 7) is 0. The molecule has 0 fully saturated rings. The van der Waals surface area contributed by atoms with Gasteiger partial charge in [-0.05, 0) is 43.8 Å². The van der Waals surface area contributed by atoms with Gasteiger partial charge in [-0.25, -0.2) is 0 Å². The van der Waals surface area contributed by atoms with Crippen molar-refractivity contribution in [2.45, 2.75) is 0 Å². The van der Waals surface area contributed by atoms with Gasteiger partial charge in [0.25, 0.3) is 0 Å². The SMILES string of the molecule is c1ccc2c(c1)ccc1c2ccc2c1ccc1ccc3[nH]ncc3c12. The summed E-state index contributed by atoms with van der Waals surface area (Å²) in [7, 11) is 0. The van der Waals surface area contributed by atoms with Gasteiger partial charge in [0.2, 0.25) is 0 Å². The maximum absolute atomic E-state index is 4.24. The Labute approximate surface area is 143 Å². The van der Waals surface area contributed by atoms with Gasteiger partial charge in [-0.1, -0.05) is 66.7 Å². The van der Waals surface area contributed by atoms with E-state index in [1.165, 1.54) is 48.5 Å². The first-order chi connectivity index (χ1) is 12.4. The summed E-state index contributed by atoms with van der Waals surface area (Å²) in [5.74, 6) is 0. The maximum Gasteiger partial charge on any atom is 0.0657 e. The fourth-order valence-corrected chi connectivity index (χ4v) is 4.16. The predicted molar refractivity (Wildman–Crippen MR) is 106 cm³/mol. The Balaban J connectivity index is 1.89. The average molecular weight is 318 g/mol. The van der Waals surface area contributed by atoms with E-state index in [9.17, 15) is 0 Å². The first kappa shape index (κ1) is 13.0. The summed E-state index contributed by atoms with van der Waals surface area (Å²) in [5.41, 5.74) is 1.08. The molecular weight excluding hydrogens is 304 g/mol. The lowest BCUT2D eigenvalue weighted by atomic mass is 9.93. The number of nitrogens with one attached hydrogen (secondary N) is 1. The second kappa shape index (κ2) is 4.58. The zero-order chi connectivity index (χ0) is 16.4. The van der Waals surface area contributed by atoms with Crippen LogP contribution in [0.15, 0.2) is 79.0 Å². The van der Waals surface area contributed by atoms with Crippen molar-refractivity contribution in [1.29, 1.82) is 0 Å². The third kappa shape index (κ3) is 1.66. The lowest BCUT2D eigenvalue weighted by molar-refractivity contribution is 1.12. The van der Waals surface area contributed by atoms with E-state index in [1.807, 2.05) is 6.20 Å². The number of benzene rings is 5. The van der Waals surface area contributed by atoms with E-state index in [2.05, 4.69) is 83.0 Å². The Kier molecular flexibility index (Phi) is 2.37. The Bertz CT molecular complexity index is 1440. The number of aromatic nitrogens is 2. The van der Waals surface area contributed by atoms with Gasteiger partial charge in [0.1, 0.15) is 0 Å². The Morgan fingerprint density at radius 2 is 1.20 bits per heavy atom. The van der Waals surface area contributed by atoms with E-state index in [-0.39, 0.29) is 0 Å². The lowest BCUT2D eigenvalue weighted by Crippen LogP contribution is -1.83. The normalized spacial score (nSPS) is 12.0. The molecule has 0 spiro atoms. The molecule has 6 rings (SSSR count). The standard InChI is InChI=1S/C23H14N2/c1-2-4-16-14(3-1)5-8-18-17(16)10-11-20-19(18)9-6-15-7-12-22-21(23(15)20)13-24-25-22/h1-13H,(H,24,25). The first-order valence-corrected chi connectivity index (χ1v) is 8.49.